The number of fused-ring (bicyclic) bond motifs is 3. The molecule has 2 aromatic rings. The number of amides is 1. The van der Waals surface area contributed by atoms with E-state index < -0.39 is 0 Å². The number of ether oxygens (including phenoxy) is 1. The van der Waals surface area contributed by atoms with Gasteiger partial charge in [0.05, 0.1) is 19.2 Å². The van der Waals surface area contributed by atoms with Gasteiger partial charge in [0.15, 0.2) is 5.76 Å². The largest absolute Gasteiger partial charge is 0.478 e. The second-order valence-corrected chi connectivity index (χ2v) is 3.72. The van der Waals surface area contributed by atoms with Crippen LogP contribution in [0.25, 0.3) is 11.1 Å². The van der Waals surface area contributed by atoms with E-state index in [-0.39, 0.29) is 5.91 Å². The van der Waals surface area contributed by atoms with Crippen LogP contribution in [0.3, 0.4) is 0 Å². The van der Waals surface area contributed by atoms with Crippen molar-refractivity contribution >= 4 is 5.91 Å². The van der Waals surface area contributed by atoms with Gasteiger partial charge in [0.1, 0.15) is 0 Å². The molecule has 5 heteroatoms. The Kier molecular flexibility index (Phi) is 2.11. The van der Waals surface area contributed by atoms with Crippen LogP contribution in [0.4, 0.5) is 0 Å². The van der Waals surface area contributed by atoms with Crippen molar-refractivity contribution in [3.63, 3.8) is 0 Å². The van der Waals surface area contributed by atoms with E-state index in [1.165, 1.54) is 7.11 Å². The molecular weight excluding hydrogens is 220 g/mol. The molecule has 0 fully saturated rings. The Morgan fingerprint density at radius 3 is 2.88 bits per heavy atom. The summed E-state index contributed by atoms with van der Waals surface area (Å²) in [7, 11) is 1.53. The standard InChI is InChI=1S/C12H10N2O3/c1-16-12-10-7-4-2-3-5-8(7)11(15)13-6-9(10)17-14-12/h2-5H,6H2,1H3,(H,13,15). The molecule has 1 aromatic carbocycles. The fourth-order valence-corrected chi connectivity index (χ4v) is 1.99. The molecule has 0 unspecified atom stereocenters. The first-order chi connectivity index (χ1) is 8.31. The number of aromatic nitrogens is 1. The van der Waals surface area contributed by atoms with Crippen LogP contribution in [0.15, 0.2) is 28.8 Å². The van der Waals surface area contributed by atoms with Crippen LogP contribution in [0.1, 0.15) is 16.1 Å². The van der Waals surface area contributed by atoms with Gasteiger partial charge >= 0.3 is 0 Å². The van der Waals surface area contributed by atoms with Crippen LogP contribution >= 0.6 is 0 Å². The van der Waals surface area contributed by atoms with Crippen molar-refractivity contribution in [2.24, 2.45) is 0 Å². The number of hydrogen-bond acceptors (Lipinski definition) is 4. The quantitative estimate of drug-likeness (QED) is 0.808. The predicted molar refractivity (Wildman–Crippen MR) is 59.7 cm³/mol. The molecular formula is C12H10N2O3. The summed E-state index contributed by atoms with van der Waals surface area (Å²) in [4.78, 5) is 11.9. The summed E-state index contributed by atoms with van der Waals surface area (Å²) in [6.07, 6.45) is 0. The van der Waals surface area contributed by atoms with E-state index in [4.69, 9.17) is 9.26 Å². The number of rotatable bonds is 1. The van der Waals surface area contributed by atoms with Crippen molar-refractivity contribution in [2.75, 3.05) is 7.11 Å². The minimum absolute atomic E-state index is 0.117. The SMILES string of the molecule is COc1noc2c1-c1ccccc1C(=O)NC2. The van der Waals surface area contributed by atoms with Crippen LogP contribution in [0.5, 0.6) is 5.88 Å². The molecule has 1 N–H and O–H groups in total. The van der Waals surface area contributed by atoms with Gasteiger partial charge in [-0.15, -0.1) is 0 Å². The number of methoxy groups -OCH3 is 1. The van der Waals surface area contributed by atoms with Gasteiger partial charge in [-0.3, -0.25) is 4.79 Å². The highest BCUT2D eigenvalue weighted by molar-refractivity contribution is 6.02. The molecule has 17 heavy (non-hydrogen) atoms. The lowest BCUT2D eigenvalue weighted by Gasteiger charge is -2.04. The zero-order valence-electron chi connectivity index (χ0n) is 9.19. The summed E-state index contributed by atoms with van der Waals surface area (Å²) in [5, 5.41) is 6.60. The Bertz CT molecular complexity index is 589. The molecule has 1 amide bonds. The van der Waals surface area contributed by atoms with E-state index in [2.05, 4.69) is 10.5 Å². The first-order valence-electron chi connectivity index (χ1n) is 5.21. The van der Waals surface area contributed by atoms with Crippen LogP contribution < -0.4 is 10.1 Å². The van der Waals surface area contributed by atoms with Crippen molar-refractivity contribution in [1.29, 1.82) is 0 Å². The fraction of sp³-hybridized carbons (Fsp3) is 0.167. The number of carbonyl (C=O) groups excluding carboxylic acids is 1. The zero-order chi connectivity index (χ0) is 11.8. The third-order valence-corrected chi connectivity index (χ3v) is 2.78. The van der Waals surface area contributed by atoms with E-state index in [1.54, 1.807) is 6.07 Å². The minimum atomic E-state index is -0.117. The molecule has 0 saturated carbocycles. The van der Waals surface area contributed by atoms with E-state index in [0.717, 1.165) is 11.1 Å². The van der Waals surface area contributed by atoms with E-state index in [0.29, 0.717) is 23.7 Å². The highest BCUT2D eigenvalue weighted by Gasteiger charge is 2.26. The average molecular weight is 230 g/mol. The van der Waals surface area contributed by atoms with Gasteiger partial charge in [-0.2, -0.15) is 0 Å². The van der Waals surface area contributed by atoms with Crippen molar-refractivity contribution < 1.29 is 14.1 Å². The second-order valence-electron chi connectivity index (χ2n) is 3.72. The molecule has 0 aliphatic carbocycles. The smallest absolute Gasteiger partial charge is 0.262 e. The molecule has 0 radical (unpaired) electrons. The summed E-state index contributed by atoms with van der Waals surface area (Å²) in [5.74, 6) is 0.901. The highest BCUT2D eigenvalue weighted by Crippen LogP contribution is 2.36. The summed E-state index contributed by atoms with van der Waals surface area (Å²) < 4.78 is 10.3. The maximum Gasteiger partial charge on any atom is 0.262 e. The van der Waals surface area contributed by atoms with Crippen LogP contribution in [0, 0.1) is 0 Å². The Labute approximate surface area is 97.4 Å². The summed E-state index contributed by atoms with van der Waals surface area (Å²) in [6, 6.07) is 7.32. The van der Waals surface area contributed by atoms with Crippen molar-refractivity contribution in [3.8, 4) is 17.0 Å². The molecule has 0 spiro atoms. The molecule has 0 bridgehead atoms. The Morgan fingerprint density at radius 1 is 1.35 bits per heavy atom. The average Bonchev–Trinajstić information content (AvgIpc) is 2.72. The molecule has 1 aliphatic rings. The molecule has 3 rings (SSSR count). The van der Waals surface area contributed by atoms with Gasteiger partial charge in [-0.05, 0) is 11.2 Å². The van der Waals surface area contributed by atoms with Crippen molar-refractivity contribution in [2.45, 2.75) is 6.54 Å². The predicted octanol–water partition coefficient (Wildman–Crippen LogP) is 1.59. The third-order valence-electron chi connectivity index (χ3n) is 2.78. The number of benzene rings is 1. The molecule has 1 aliphatic heterocycles. The number of nitrogens with one attached hydrogen (secondary N) is 1. The first-order valence-corrected chi connectivity index (χ1v) is 5.21. The number of hydrogen-bond donors (Lipinski definition) is 1. The highest BCUT2D eigenvalue weighted by atomic mass is 16.5. The maximum atomic E-state index is 11.9. The molecule has 86 valence electrons. The van der Waals surface area contributed by atoms with Crippen molar-refractivity contribution in [3.05, 3.63) is 35.6 Å². The van der Waals surface area contributed by atoms with Gasteiger partial charge in [-0.25, -0.2) is 0 Å². The molecule has 1 aromatic heterocycles. The van der Waals surface area contributed by atoms with Gasteiger partial charge in [0, 0.05) is 11.1 Å². The molecule has 2 heterocycles. The lowest BCUT2D eigenvalue weighted by Crippen LogP contribution is -2.21. The topological polar surface area (TPSA) is 64.4 Å². The Morgan fingerprint density at radius 2 is 2.12 bits per heavy atom. The fourth-order valence-electron chi connectivity index (χ4n) is 1.99. The summed E-state index contributed by atoms with van der Waals surface area (Å²) in [5.41, 5.74) is 2.14. The van der Waals surface area contributed by atoms with E-state index in [1.807, 2.05) is 18.2 Å². The molecule has 0 atom stereocenters. The van der Waals surface area contributed by atoms with Crippen LogP contribution in [-0.4, -0.2) is 18.2 Å². The number of carbonyl (C=O) groups is 1. The van der Waals surface area contributed by atoms with Gasteiger partial charge in [0.25, 0.3) is 11.8 Å². The lowest BCUT2D eigenvalue weighted by molar-refractivity contribution is 0.0949. The van der Waals surface area contributed by atoms with E-state index >= 15 is 0 Å². The van der Waals surface area contributed by atoms with E-state index in [9.17, 15) is 4.79 Å². The maximum absolute atomic E-state index is 11.9. The lowest BCUT2D eigenvalue weighted by atomic mass is 10.0. The summed E-state index contributed by atoms with van der Waals surface area (Å²) in [6.45, 7) is 0.319. The van der Waals surface area contributed by atoms with Crippen LogP contribution in [-0.2, 0) is 6.54 Å². The third kappa shape index (κ3) is 1.39. The molecule has 0 saturated heterocycles. The number of nitrogens with zero attached hydrogens (tertiary/aromatic N) is 1. The Hall–Kier alpha value is -2.30. The van der Waals surface area contributed by atoms with Crippen molar-refractivity contribution in [1.82, 2.24) is 10.5 Å². The zero-order valence-corrected chi connectivity index (χ0v) is 9.19. The summed E-state index contributed by atoms with van der Waals surface area (Å²) >= 11 is 0. The second kappa shape index (κ2) is 3.62. The van der Waals surface area contributed by atoms with Gasteiger partial charge in [-0.1, -0.05) is 18.2 Å². The van der Waals surface area contributed by atoms with Gasteiger partial charge < -0.3 is 14.6 Å². The first kappa shape index (κ1) is 9.89. The van der Waals surface area contributed by atoms with Crippen LogP contribution in [0.2, 0.25) is 0 Å². The molecule has 5 nitrogen and oxygen atoms in total. The van der Waals surface area contributed by atoms with Gasteiger partial charge in [0.2, 0.25) is 0 Å². The monoisotopic (exact) mass is 230 g/mol. The Balaban J connectivity index is 2.31. The normalized spacial score (nSPS) is 13.4. The minimum Gasteiger partial charge on any atom is -0.478 e.